The number of hydrogen-bond donors (Lipinski definition) is 1. The van der Waals surface area contributed by atoms with Gasteiger partial charge in [0.15, 0.2) is 0 Å². The Labute approximate surface area is 125 Å². The highest BCUT2D eigenvalue weighted by molar-refractivity contribution is 5.67. The Hall–Kier alpha value is -1.85. The number of piperidine rings is 1. The van der Waals surface area contributed by atoms with Gasteiger partial charge in [-0.25, -0.2) is 14.8 Å². The summed E-state index contributed by atoms with van der Waals surface area (Å²) in [6, 6.07) is 2.02. The van der Waals surface area contributed by atoms with Gasteiger partial charge in [-0.3, -0.25) is 0 Å². The number of anilines is 1. The van der Waals surface area contributed by atoms with Crippen LogP contribution >= 0.6 is 0 Å². The predicted octanol–water partition coefficient (Wildman–Crippen LogP) is 2.36. The molecular weight excluding hydrogens is 268 g/mol. The first kappa shape index (κ1) is 15.5. The molecule has 1 aromatic heterocycles. The van der Waals surface area contributed by atoms with E-state index in [0.29, 0.717) is 6.54 Å². The minimum absolute atomic E-state index is 0.216. The number of carbonyl (C=O) groups excluding carboxylic acids is 1. The van der Waals surface area contributed by atoms with Crippen molar-refractivity contribution in [2.75, 3.05) is 18.0 Å². The summed E-state index contributed by atoms with van der Waals surface area (Å²) in [7, 11) is 0. The van der Waals surface area contributed by atoms with Crippen molar-refractivity contribution < 1.29 is 9.53 Å². The monoisotopic (exact) mass is 292 g/mol. The number of alkyl carbamates (subject to hydrolysis) is 1. The van der Waals surface area contributed by atoms with Gasteiger partial charge in [0.2, 0.25) is 5.95 Å². The van der Waals surface area contributed by atoms with Crippen molar-refractivity contribution >= 4 is 12.0 Å². The lowest BCUT2D eigenvalue weighted by molar-refractivity contribution is 0.0522. The maximum absolute atomic E-state index is 11.8. The lowest BCUT2D eigenvalue weighted by Crippen LogP contribution is -2.48. The van der Waals surface area contributed by atoms with Crippen LogP contribution in [0.25, 0.3) is 0 Å². The summed E-state index contributed by atoms with van der Waals surface area (Å²) in [6.07, 6.45) is 6.42. The van der Waals surface area contributed by atoms with Crippen molar-refractivity contribution in [2.24, 2.45) is 0 Å². The Bertz CT molecular complexity index is 458. The third-order valence-electron chi connectivity index (χ3n) is 3.32. The van der Waals surface area contributed by atoms with Crippen LogP contribution < -0.4 is 10.2 Å². The van der Waals surface area contributed by atoms with Crippen molar-refractivity contribution in [3.05, 3.63) is 18.5 Å². The van der Waals surface area contributed by atoms with E-state index in [1.807, 2.05) is 20.8 Å². The van der Waals surface area contributed by atoms with E-state index in [1.165, 1.54) is 0 Å². The van der Waals surface area contributed by atoms with Gasteiger partial charge in [0.1, 0.15) is 5.60 Å². The third-order valence-corrected chi connectivity index (χ3v) is 3.32. The molecule has 116 valence electrons. The smallest absolute Gasteiger partial charge is 0.407 e. The van der Waals surface area contributed by atoms with Gasteiger partial charge in [-0.05, 0) is 46.1 Å². The zero-order valence-electron chi connectivity index (χ0n) is 13.0. The molecular formula is C15H24N4O2. The summed E-state index contributed by atoms with van der Waals surface area (Å²) < 4.78 is 5.27. The van der Waals surface area contributed by atoms with E-state index in [0.717, 1.165) is 31.8 Å². The molecule has 1 atom stereocenters. The molecule has 1 unspecified atom stereocenters. The molecule has 0 bridgehead atoms. The number of ether oxygens (including phenoxy) is 1. The van der Waals surface area contributed by atoms with Gasteiger partial charge in [-0.15, -0.1) is 0 Å². The molecule has 1 N–H and O–H groups in total. The number of nitrogens with zero attached hydrogens (tertiary/aromatic N) is 3. The van der Waals surface area contributed by atoms with Crippen LogP contribution in [-0.2, 0) is 4.74 Å². The van der Waals surface area contributed by atoms with Gasteiger partial charge in [-0.1, -0.05) is 0 Å². The summed E-state index contributed by atoms with van der Waals surface area (Å²) in [4.78, 5) is 22.5. The molecule has 1 aliphatic rings. The topological polar surface area (TPSA) is 67.3 Å². The van der Waals surface area contributed by atoms with Crippen LogP contribution in [-0.4, -0.2) is 40.8 Å². The second kappa shape index (κ2) is 6.74. The maximum atomic E-state index is 11.8. The highest BCUT2D eigenvalue weighted by atomic mass is 16.6. The van der Waals surface area contributed by atoms with Gasteiger partial charge >= 0.3 is 6.09 Å². The van der Waals surface area contributed by atoms with Crippen molar-refractivity contribution in [1.82, 2.24) is 15.3 Å². The van der Waals surface area contributed by atoms with E-state index in [1.54, 1.807) is 18.5 Å². The van der Waals surface area contributed by atoms with E-state index < -0.39 is 5.60 Å². The molecule has 1 amide bonds. The summed E-state index contributed by atoms with van der Waals surface area (Å²) in [6.45, 7) is 7.05. The molecule has 6 heteroatoms. The first-order valence-electron chi connectivity index (χ1n) is 7.46. The molecule has 0 spiro atoms. The second-order valence-electron chi connectivity index (χ2n) is 6.27. The van der Waals surface area contributed by atoms with Gasteiger partial charge < -0.3 is 15.0 Å². The fourth-order valence-corrected chi connectivity index (χ4v) is 2.43. The molecule has 1 aliphatic heterocycles. The lowest BCUT2D eigenvalue weighted by atomic mass is 10.0. The fourth-order valence-electron chi connectivity index (χ4n) is 2.43. The van der Waals surface area contributed by atoms with Crippen molar-refractivity contribution in [3.63, 3.8) is 0 Å². The number of amides is 1. The first-order chi connectivity index (χ1) is 9.96. The van der Waals surface area contributed by atoms with Crippen LogP contribution in [0.5, 0.6) is 0 Å². The predicted molar refractivity (Wildman–Crippen MR) is 81.3 cm³/mol. The second-order valence-corrected chi connectivity index (χ2v) is 6.27. The summed E-state index contributed by atoms with van der Waals surface area (Å²) in [5.41, 5.74) is -0.473. The zero-order valence-corrected chi connectivity index (χ0v) is 13.0. The van der Waals surface area contributed by atoms with Crippen LogP contribution in [0.3, 0.4) is 0 Å². The molecule has 0 saturated carbocycles. The fraction of sp³-hybridized carbons (Fsp3) is 0.667. The Kier molecular flexibility index (Phi) is 4.98. The highest BCUT2D eigenvalue weighted by Gasteiger charge is 2.25. The standard InChI is InChI=1S/C15H24N4O2/c1-15(2,3)21-14(20)18-11-12-7-4-5-10-19(12)13-16-8-6-9-17-13/h6,8-9,12H,4-5,7,10-11H2,1-3H3,(H,18,20). The van der Waals surface area contributed by atoms with Crippen LogP contribution in [0.2, 0.25) is 0 Å². The average Bonchev–Trinajstić information content (AvgIpc) is 2.45. The van der Waals surface area contributed by atoms with Crippen LogP contribution in [0.1, 0.15) is 40.0 Å². The molecule has 1 saturated heterocycles. The largest absolute Gasteiger partial charge is 0.444 e. The Morgan fingerprint density at radius 2 is 2.10 bits per heavy atom. The molecule has 6 nitrogen and oxygen atoms in total. The van der Waals surface area contributed by atoms with Crippen LogP contribution in [0.4, 0.5) is 10.7 Å². The minimum atomic E-state index is -0.473. The summed E-state index contributed by atoms with van der Waals surface area (Å²) >= 11 is 0. The molecule has 2 rings (SSSR count). The van der Waals surface area contributed by atoms with Crippen molar-refractivity contribution in [3.8, 4) is 0 Å². The average molecular weight is 292 g/mol. The molecule has 21 heavy (non-hydrogen) atoms. The van der Waals surface area contributed by atoms with Crippen molar-refractivity contribution in [2.45, 2.75) is 51.7 Å². The Morgan fingerprint density at radius 3 is 2.76 bits per heavy atom. The van der Waals surface area contributed by atoms with Crippen LogP contribution in [0, 0.1) is 0 Å². The van der Waals surface area contributed by atoms with E-state index in [2.05, 4.69) is 20.2 Å². The highest BCUT2D eigenvalue weighted by Crippen LogP contribution is 2.20. The lowest BCUT2D eigenvalue weighted by Gasteiger charge is -2.35. The van der Waals surface area contributed by atoms with Gasteiger partial charge in [0.05, 0.1) is 0 Å². The zero-order chi connectivity index (χ0) is 15.3. The van der Waals surface area contributed by atoms with Gasteiger partial charge in [-0.2, -0.15) is 0 Å². The molecule has 0 aromatic carbocycles. The summed E-state index contributed by atoms with van der Waals surface area (Å²) in [5, 5.41) is 2.85. The number of rotatable bonds is 3. The Balaban J connectivity index is 1.92. The SMILES string of the molecule is CC(C)(C)OC(=O)NCC1CCCCN1c1ncccn1. The van der Waals surface area contributed by atoms with Gasteiger partial charge in [0.25, 0.3) is 0 Å². The molecule has 2 heterocycles. The molecule has 0 radical (unpaired) electrons. The van der Waals surface area contributed by atoms with E-state index in [9.17, 15) is 4.79 Å². The maximum Gasteiger partial charge on any atom is 0.407 e. The molecule has 1 fully saturated rings. The molecule has 0 aliphatic carbocycles. The third kappa shape index (κ3) is 4.88. The Morgan fingerprint density at radius 1 is 1.38 bits per heavy atom. The number of nitrogens with one attached hydrogen (secondary N) is 1. The first-order valence-corrected chi connectivity index (χ1v) is 7.46. The number of aromatic nitrogens is 2. The van der Waals surface area contributed by atoms with Crippen LogP contribution in [0.15, 0.2) is 18.5 Å². The van der Waals surface area contributed by atoms with Crippen molar-refractivity contribution in [1.29, 1.82) is 0 Å². The number of carbonyl (C=O) groups is 1. The normalized spacial score (nSPS) is 19.2. The van der Waals surface area contributed by atoms with E-state index >= 15 is 0 Å². The quantitative estimate of drug-likeness (QED) is 0.926. The van der Waals surface area contributed by atoms with Gasteiger partial charge in [0, 0.05) is 31.5 Å². The molecule has 1 aromatic rings. The van der Waals surface area contributed by atoms with E-state index in [-0.39, 0.29) is 12.1 Å². The number of hydrogen-bond acceptors (Lipinski definition) is 5. The minimum Gasteiger partial charge on any atom is -0.444 e. The van der Waals surface area contributed by atoms with E-state index in [4.69, 9.17) is 4.74 Å². The summed E-state index contributed by atoms with van der Waals surface area (Å²) in [5.74, 6) is 0.730.